The lowest BCUT2D eigenvalue weighted by Gasteiger charge is -2.44. The minimum atomic E-state index is -1.22. The van der Waals surface area contributed by atoms with Crippen molar-refractivity contribution >= 4 is 11.9 Å². The van der Waals surface area contributed by atoms with E-state index in [2.05, 4.69) is 13.8 Å². The van der Waals surface area contributed by atoms with Crippen molar-refractivity contribution in [2.75, 3.05) is 0 Å². The van der Waals surface area contributed by atoms with E-state index in [0.29, 0.717) is 19.3 Å². The van der Waals surface area contributed by atoms with E-state index in [9.17, 15) is 19.8 Å². The van der Waals surface area contributed by atoms with Gasteiger partial charge < -0.3 is 10.2 Å². The smallest absolute Gasteiger partial charge is 0.311 e. The largest absolute Gasteiger partial charge is 0.481 e. The van der Waals surface area contributed by atoms with Crippen LogP contribution in [-0.4, -0.2) is 22.2 Å². The molecule has 4 heteroatoms. The highest BCUT2D eigenvalue weighted by molar-refractivity contribution is 5.87. The molecule has 0 amide bonds. The Labute approximate surface area is 184 Å². The van der Waals surface area contributed by atoms with Crippen molar-refractivity contribution in [3.8, 4) is 0 Å². The first kappa shape index (κ1) is 26.7. The van der Waals surface area contributed by atoms with Crippen molar-refractivity contribution in [3.63, 3.8) is 0 Å². The van der Waals surface area contributed by atoms with Gasteiger partial charge in [0.1, 0.15) is 0 Å². The van der Waals surface area contributed by atoms with E-state index in [1.165, 1.54) is 64.2 Å². The van der Waals surface area contributed by atoms with Crippen molar-refractivity contribution in [1.29, 1.82) is 0 Å². The van der Waals surface area contributed by atoms with Crippen molar-refractivity contribution in [1.82, 2.24) is 0 Å². The molecule has 0 radical (unpaired) electrons. The second-order valence-electron chi connectivity index (χ2n) is 10.1. The molecule has 2 N–H and O–H groups in total. The summed E-state index contributed by atoms with van der Waals surface area (Å²) >= 11 is 0. The molecule has 0 saturated heterocycles. The molecule has 0 heterocycles. The van der Waals surface area contributed by atoms with Crippen LogP contribution in [-0.2, 0) is 9.59 Å². The molecular formula is C26H46O4. The third-order valence-corrected chi connectivity index (χ3v) is 7.23. The lowest BCUT2D eigenvalue weighted by Crippen LogP contribution is -2.51. The summed E-state index contributed by atoms with van der Waals surface area (Å²) in [6.07, 6.45) is 20.9. The molecule has 0 bridgehead atoms. The van der Waals surface area contributed by atoms with E-state index in [4.69, 9.17) is 0 Å². The average molecular weight is 423 g/mol. The summed E-state index contributed by atoms with van der Waals surface area (Å²) in [6, 6.07) is 0. The van der Waals surface area contributed by atoms with Crippen LogP contribution in [0.2, 0.25) is 0 Å². The first-order valence-electron chi connectivity index (χ1n) is 12.4. The summed E-state index contributed by atoms with van der Waals surface area (Å²) in [5.41, 5.74) is -2.40. The molecular weight excluding hydrogens is 376 g/mol. The molecule has 4 nitrogen and oxygen atoms in total. The number of rotatable bonds is 17. The Bertz CT molecular complexity index is 539. The predicted octanol–water partition coefficient (Wildman–Crippen LogP) is 7.62. The summed E-state index contributed by atoms with van der Waals surface area (Å²) in [6.45, 7) is 6.20. The standard InChI is InChI=1S/C26H46O4/c1-22(2)18-14-12-10-8-6-4-5-7-9-11-13-15-20-26(24(29)30)21-17-16-19-25(26,3)23(27)28/h16-17,22H,4-15,18-21H2,1-3H3,(H,27,28)(H,29,30). The summed E-state index contributed by atoms with van der Waals surface area (Å²) in [4.78, 5) is 23.9. The van der Waals surface area contributed by atoms with E-state index in [1.807, 2.05) is 12.2 Å². The minimum Gasteiger partial charge on any atom is -0.481 e. The molecule has 1 rings (SSSR count). The monoisotopic (exact) mass is 422 g/mol. The first-order valence-corrected chi connectivity index (χ1v) is 12.4. The first-order chi connectivity index (χ1) is 14.3. The second kappa shape index (κ2) is 13.9. The fourth-order valence-corrected chi connectivity index (χ4v) is 4.87. The summed E-state index contributed by atoms with van der Waals surface area (Å²) in [7, 11) is 0. The molecule has 2 atom stereocenters. The maximum Gasteiger partial charge on any atom is 0.311 e. The molecule has 0 aromatic carbocycles. The van der Waals surface area contributed by atoms with Crippen LogP contribution >= 0.6 is 0 Å². The van der Waals surface area contributed by atoms with Gasteiger partial charge in [-0.05, 0) is 32.1 Å². The molecule has 1 aliphatic carbocycles. The maximum atomic E-state index is 12.1. The Kier molecular flexibility index (Phi) is 12.4. The van der Waals surface area contributed by atoms with Gasteiger partial charge in [0.25, 0.3) is 0 Å². The number of hydrogen-bond donors (Lipinski definition) is 2. The number of hydrogen-bond acceptors (Lipinski definition) is 2. The summed E-state index contributed by atoms with van der Waals surface area (Å²) in [5.74, 6) is -1.11. The van der Waals surface area contributed by atoms with E-state index < -0.39 is 22.8 Å². The van der Waals surface area contributed by atoms with Crippen molar-refractivity contribution < 1.29 is 19.8 Å². The SMILES string of the molecule is CC(C)CCCCCCCCCCCCCCC1(C(=O)O)CC=CCC1(C)C(=O)O. The number of aliphatic carboxylic acids is 2. The van der Waals surface area contributed by atoms with Gasteiger partial charge in [0.15, 0.2) is 0 Å². The van der Waals surface area contributed by atoms with Crippen LogP contribution in [0.25, 0.3) is 0 Å². The van der Waals surface area contributed by atoms with Crippen LogP contribution in [0.4, 0.5) is 0 Å². The van der Waals surface area contributed by atoms with Gasteiger partial charge in [-0.1, -0.05) is 109 Å². The van der Waals surface area contributed by atoms with Crippen LogP contribution in [0.15, 0.2) is 12.2 Å². The van der Waals surface area contributed by atoms with Crippen molar-refractivity contribution in [2.45, 2.75) is 124 Å². The van der Waals surface area contributed by atoms with Crippen LogP contribution in [0, 0.1) is 16.7 Å². The van der Waals surface area contributed by atoms with E-state index in [-0.39, 0.29) is 0 Å². The Morgan fingerprint density at radius 3 is 1.60 bits per heavy atom. The molecule has 0 saturated carbocycles. The van der Waals surface area contributed by atoms with Gasteiger partial charge in [-0.3, -0.25) is 9.59 Å². The third kappa shape index (κ3) is 8.07. The van der Waals surface area contributed by atoms with Gasteiger partial charge in [0.2, 0.25) is 0 Å². The molecule has 0 aromatic rings. The van der Waals surface area contributed by atoms with Gasteiger partial charge in [0.05, 0.1) is 10.8 Å². The van der Waals surface area contributed by atoms with Gasteiger partial charge >= 0.3 is 11.9 Å². The Morgan fingerprint density at radius 2 is 1.17 bits per heavy atom. The molecule has 0 aliphatic heterocycles. The number of carboxylic acids is 2. The van der Waals surface area contributed by atoms with Gasteiger partial charge in [0, 0.05) is 0 Å². The summed E-state index contributed by atoms with van der Waals surface area (Å²) < 4.78 is 0. The number of allylic oxidation sites excluding steroid dienone is 2. The van der Waals surface area contributed by atoms with Crippen LogP contribution < -0.4 is 0 Å². The molecule has 174 valence electrons. The van der Waals surface area contributed by atoms with Crippen molar-refractivity contribution in [2.24, 2.45) is 16.7 Å². The molecule has 0 fully saturated rings. The normalized spacial score (nSPS) is 23.7. The van der Waals surface area contributed by atoms with Crippen LogP contribution in [0.3, 0.4) is 0 Å². The Morgan fingerprint density at radius 1 is 0.733 bits per heavy atom. The highest BCUT2D eigenvalue weighted by Gasteiger charge is 2.57. The highest BCUT2D eigenvalue weighted by atomic mass is 16.4. The minimum absolute atomic E-state index is 0.298. The van der Waals surface area contributed by atoms with E-state index >= 15 is 0 Å². The van der Waals surface area contributed by atoms with E-state index in [0.717, 1.165) is 25.2 Å². The fraction of sp³-hybridized carbons (Fsp3) is 0.846. The number of carbonyl (C=O) groups is 2. The molecule has 2 unspecified atom stereocenters. The van der Waals surface area contributed by atoms with Crippen LogP contribution in [0.5, 0.6) is 0 Å². The van der Waals surface area contributed by atoms with E-state index in [1.54, 1.807) is 6.92 Å². The van der Waals surface area contributed by atoms with Crippen molar-refractivity contribution in [3.05, 3.63) is 12.2 Å². The molecule has 0 aromatic heterocycles. The number of unbranched alkanes of at least 4 members (excludes halogenated alkanes) is 11. The Balaban J connectivity index is 2.14. The zero-order valence-electron chi connectivity index (χ0n) is 19.8. The lowest BCUT2D eigenvalue weighted by molar-refractivity contribution is -0.174. The fourth-order valence-electron chi connectivity index (χ4n) is 4.87. The molecule has 30 heavy (non-hydrogen) atoms. The predicted molar refractivity (Wildman–Crippen MR) is 124 cm³/mol. The average Bonchev–Trinajstić information content (AvgIpc) is 2.69. The third-order valence-electron chi connectivity index (χ3n) is 7.23. The summed E-state index contributed by atoms with van der Waals surface area (Å²) in [5, 5.41) is 19.6. The number of carboxylic acid groups (broad SMARTS) is 2. The molecule has 1 aliphatic rings. The van der Waals surface area contributed by atoms with Gasteiger partial charge in [-0.15, -0.1) is 0 Å². The molecule has 0 spiro atoms. The maximum absolute atomic E-state index is 12.1. The topological polar surface area (TPSA) is 74.6 Å². The van der Waals surface area contributed by atoms with Gasteiger partial charge in [-0.2, -0.15) is 0 Å². The second-order valence-corrected chi connectivity index (χ2v) is 10.1. The zero-order valence-corrected chi connectivity index (χ0v) is 19.8. The zero-order chi connectivity index (χ0) is 22.5. The van der Waals surface area contributed by atoms with Crippen LogP contribution in [0.1, 0.15) is 124 Å². The quantitative estimate of drug-likeness (QED) is 0.187. The van der Waals surface area contributed by atoms with Gasteiger partial charge in [-0.25, -0.2) is 0 Å². The highest BCUT2D eigenvalue weighted by Crippen LogP contribution is 2.52. The Hall–Kier alpha value is -1.32. The lowest BCUT2D eigenvalue weighted by atomic mass is 9.56.